The number of ether oxygens (including phenoxy) is 1. The van der Waals surface area contributed by atoms with Gasteiger partial charge in [0, 0.05) is 24.2 Å². The summed E-state index contributed by atoms with van der Waals surface area (Å²) in [6, 6.07) is 16.1. The number of ketones is 1. The van der Waals surface area contributed by atoms with E-state index in [-0.39, 0.29) is 12.0 Å². The molecule has 1 unspecified atom stereocenters. The molecule has 2 aromatic rings. The Morgan fingerprint density at radius 1 is 1.00 bits per heavy atom. The molecule has 0 radical (unpaired) electrons. The van der Waals surface area contributed by atoms with Gasteiger partial charge in [-0.05, 0) is 56.4 Å². The summed E-state index contributed by atoms with van der Waals surface area (Å²) in [6.07, 6.45) is 1.16. The second-order valence-corrected chi connectivity index (χ2v) is 7.86. The van der Waals surface area contributed by atoms with E-state index in [2.05, 4.69) is 49.9 Å². The van der Waals surface area contributed by atoms with Crippen molar-refractivity contribution >= 4 is 5.78 Å². The van der Waals surface area contributed by atoms with Crippen LogP contribution in [0.5, 0.6) is 5.75 Å². The molecule has 1 aliphatic heterocycles. The second kappa shape index (κ2) is 8.05. The van der Waals surface area contributed by atoms with E-state index < -0.39 is 0 Å². The molecule has 3 heteroatoms. The number of nitrogens with zero attached hydrogens (tertiary/aromatic N) is 1. The lowest BCUT2D eigenvalue weighted by atomic mass is 9.91. The summed E-state index contributed by atoms with van der Waals surface area (Å²) in [5.41, 5.74) is 3.13. The normalized spacial score (nSPS) is 22.0. The van der Waals surface area contributed by atoms with E-state index in [1.54, 1.807) is 6.92 Å². The van der Waals surface area contributed by atoms with Gasteiger partial charge in [-0.15, -0.1) is 0 Å². The monoisotopic (exact) mass is 351 g/mol. The van der Waals surface area contributed by atoms with Gasteiger partial charge in [-0.3, -0.25) is 9.69 Å². The van der Waals surface area contributed by atoms with E-state index in [0.717, 1.165) is 18.8 Å². The van der Waals surface area contributed by atoms with Crippen molar-refractivity contribution in [2.75, 3.05) is 13.1 Å². The Labute approximate surface area is 157 Å². The number of rotatable bonds is 5. The highest BCUT2D eigenvalue weighted by molar-refractivity contribution is 5.94. The van der Waals surface area contributed by atoms with Crippen molar-refractivity contribution in [2.45, 2.75) is 40.3 Å². The molecule has 1 fully saturated rings. The molecule has 0 bridgehead atoms. The van der Waals surface area contributed by atoms with Gasteiger partial charge in [0.25, 0.3) is 0 Å². The van der Waals surface area contributed by atoms with Gasteiger partial charge in [0.2, 0.25) is 0 Å². The minimum Gasteiger partial charge on any atom is -0.471 e. The first-order chi connectivity index (χ1) is 12.4. The van der Waals surface area contributed by atoms with Crippen LogP contribution in [0.3, 0.4) is 0 Å². The largest absolute Gasteiger partial charge is 0.471 e. The predicted octanol–water partition coefficient (Wildman–Crippen LogP) is 5.25. The van der Waals surface area contributed by atoms with E-state index in [9.17, 15) is 4.79 Å². The fraction of sp³-hybridized carbons (Fsp3) is 0.435. The number of aryl methyl sites for hydroxylation is 1. The lowest BCUT2D eigenvalue weighted by Crippen LogP contribution is -2.43. The fourth-order valence-corrected chi connectivity index (χ4v) is 3.88. The smallest absolute Gasteiger partial charge is 0.179 e. The summed E-state index contributed by atoms with van der Waals surface area (Å²) in [6.45, 7) is 10.4. The maximum Gasteiger partial charge on any atom is 0.179 e. The Balaban J connectivity index is 1.87. The zero-order chi connectivity index (χ0) is 18.7. The van der Waals surface area contributed by atoms with Crippen LogP contribution < -0.4 is 4.74 Å². The van der Waals surface area contributed by atoms with Crippen LogP contribution in [0, 0.1) is 18.8 Å². The summed E-state index contributed by atoms with van der Waals surface area (Å²) >= 11 is 0. The molecule has 0 amide bonds. The molecule has 0 aromatic heterocycles. The zero-order valence-corrected chi connectivity index (χ0v) is 16.2. The Morgan fingerprint density at radius 2 is 1.58 bits per heavy atom. The Kier molecular flexibility index (Phi) is 5.77. The van der Waals surface area contributed by atoms with Crippen molar-refractivity contribution in [1.29, 1.82) is 0 Å². The summed E-state index contributed by atoms with van der Waals surface area (Å²) in [4.78, 5) is 13.9. The van der Waals surface area contributed by atoms with Crippen LogP contribution in [-0.2, 0) is 0 Å². The van der Waals surface area contributed by atoms with E-state index >= 15 is 0 Å². The molecular formula is C23H29NO2. The second-order valence-electron chi connectivity index (χ2n) is 7.86. The van der Waals surface area contributed by atoms with Crippen molar-refractivity contribution in [3.8, 4) is 5.75 Å². The van der Waals surface area contributed by atoms with Crippen LogP contribution in [0.25, 0.3) is 0 Å². The minimum absolute atomic E-state index is 0.0744. The number of benzene rings is 2. The number of Topliss-reactive ketones (excluding diaryl/α,β-unsaturated/α-hetero) is 1. The predicted molar refractivity (Wildman–Crippen MR) is 106 cm³/mol. The molecule has 138 valence electrons. The van der Waals surface area contributed by atoms with Crippen LogP contribution in [0.2, 0.25) is 0 Å². The first-order valence-corrected chi connectivity index (χ1v) is 9.50. The molecule has 1 aliphatic rings. The van der Waals surface area contributed by atoms with Gasteiger partial charge in [-0.25, -0.2) is 0 Å². The standard InChI is InChI=1S/C23H29NO2/c1-16-5-7-21(8-6-16)23(24-14-17(2)13-18(3)15-24)26-22-11-9-20(10-12-22)19(4)25/h5-12,17-18,23H,13-15H2,1-4H3/t17-,18+,23?. The maximum absolute atomic E-state index is 11.5. The van der Waals surface area contributed by atoms with Gasteiger partial charge in [-0.2, -0.15) is 0 Å². The molecule has 0 saturated carbocycles. The van der Waals surface area contributed by atoms with Crippen molar-refractivity contribution in [1.82, 2.24) is 4.90 Å². The molecular weight excluding hydrogens is 322 g/mol. The van der Waals surface area contributed by atoms with Crippen LogP contribution in [0.4, 0.5) is 0 Å². The summed E-state index contributed by atoms with van der Waals surface area (Å²) in [7, 11) is 0. The Hall–Kier alpha value is -2.13. The summed E-state index contributed by atoms with van der Waals surface area (Å²) in [5, 5.41) is 0. The molecule has 3 atom stereocenters. The van der Waals surface area contributed by atoms with Gasteiger partial charge in [0.15, 0.2) is 12.0 Å². The Bertz CT molecular complexity index is 726. The number of carbonyl (C=O) groups excluding carboxylic acids is 1. The van der Waals surface area contributed by atoms with Crippen molar-refractivity contribution in [3.05, 3.63) is 65.2 Å². The lowest BCUT2D eigenvalue weighted by molar-refractivity contribution is -0.0175. The number of hydrogen-bond donors (Lipinski definition) is 0. The average Bonchev–Trinajstić information content (AvgIpc) is 2.60. The molecule has 0 spiro atoms. The number of carbonyl (C=O) groups is 1. The topological polar surface area (TPSA) is 29.5 Å². The molecule has 2 aromatic carbocycles. The van der Waals surface area contributed by atoms with Crippen molar-refractivity contribution in [2.24, 2.45) is 11.8 Å². The van der Waals surface area contributed by atoms with Gasteiger partial charge in [0.1, 0.15) is 5.75 Å². The van der Waals surface area contributed by atoms with E-state index in [1.807, 2.05) is 24.3 Å². The SMILES string of the molecule is CC(=O)c1ccc(OC(c2ccc(C)cc2)N2C[C@H](C)C[C@H](C)C2)cc1. The summed E-state index contributed by atoms with van der Waals surface area (Å²) < 4.78 is 6.43. The Morgan fingerprint density at radius 3 is 2.12 bits per heavy atom. The van der Waals surface area contributed by atoms with Gasteiger partial charge < -0.3 is 4.74 Å². The average molecular weight is 351 g/mol. The van der Waals surface area contributed by atoms with E-state index in [0.29, 0.717) is 17.4 Å². The third-order valence-electron chi connectivity index (χ3n) is 5.10. The molecule has 0 N–H and O–H groups in total. The molecule has 3 nitrogen and oxygen atoms in total. The van der Waals surface area contributed by atoms with E-state index in [4.69, 9.17) is 4.74 Å². The highest BCUT2D eigenvalue weighted by atomic mass is 16.5. The molecule has 26 heavy (non-hydrogen) atoms. The van der Waals surface area contributed by atoms with Crippen molar-refractivity contribution < 1.29 is 9.53 Å². The van der Waals surface area contributed by atoms with E-state index in [1.165, 1.54) is 17.5 Å². The third-order valence-corrected chi connectivity index (χ3v) is 5.10. The van der Waals surface area contributed by atoms with Crippen LogP contribution in [0.15, 0.2) is 48.5 Å². The van der Waals surface area contributed by atoms with Gasteiger partial charge in [0.05, 0.1) is 0 Å². The summed E-state index contributed by atoms with van der Waals surface area (Å²) in [5.74, 6) is 2.20. The maximum atomic E-state index is 11.5. The molecule has 3 rings (SSSR count). The number of hydrogen-bond acceptors (Lipinski definition) is 3. The number of likely N-dealkylation sites (tertiary alicyclic amines) is 1. The minimum atomic E-state index is -0.107. The first kappa shape index (κ1) is 18.7. The quantitative estimate of drug-likeness (QED) is 0.689. The first-order valence-electron chi connectivity index (χ1n) is 9.50. The lowest BCUT2D eigenvalue weighted by Gasteiger charge is -2.40. The van der Waals surface area contributed by atoms with Crippen molar-refractivity contribution in [3.63, 3.8) is 0 Å². The molecule has 1 heterocycles. The molecule has 1 saturated heterocycles. The van der Waals surface area contributed by atoms with Crippen LogP contribution in [0.1, 0.15) is 54.9 Å². The highest BCUT2D eigenvalue weighted by Crippen LogP contribution is 2.31. The van der Waals surface area contributed by atoms with Gasteiger partial charge >= 0.3 is 0 Å². The van der Waals surface area contributed by atoms with Gasteiger partial charge in [-0.1, -0.05) is 43.7 Å². The zero-order valence-electron chi connectivity index (χ0n) is 16.2. The number of piperidine rings is 1. The van der Waals surface area contributed by atoms with Crippen LogP contribution >= 0.6 is 0 Å². The van der Waals surface area contributed by atoms with Crippen LogP contribution in [-0.4, -0.2) is 23.8 Å². The fourth-order valence-electron chi connectivity index (χ4n) is 3.88. The molecule has 0 aliphatic carbocycles. The highest BCUT2D eigenvalue weighted by Gasteiger charge is 2.29. The third kappa shape index (κ3) is 4.53.